The summed E-state index contributed by atoms with van der Waals surface area (Å²) < 4.78 is 0. The van der Waals surface area contributed by atoms with Crippen LogP contribution >= 0.6 is 0 Å². The number of β-amino-alcohol motifs (C(OH)–C–C–N with tert-alkyl or cyclic N) is 1. The molecular formula is C10H18N2O5. The maximum absolute atomic E-state index is 11.7. The molecule has 0 spiro atoms. The van der Waals surface area contributed by atoms with E-state index in [9.17, 15) is 14.7 Å². The van der Waals surface area contributed by atoms with E-state index in [1.807, 2.05) is 0 Å². The minimum absolute atomic E-state index is 0.0364. The molecular weight excluding hydrogens is 228 g/mol. The van der Waals surface area contributed by atoms with Crippen molar-refractivity contribution in [3.63, 3.8) is 0 Å². The lowest BCUT2D eigenvalue weighted by Crippen LogP contribution is -2.48. The second-order valence-electron chi connectivity index (χ2n) is 4.52. The summed E-state index contributed by atoms with van der Waals surface area (Å²) in [6.45, 7) is 1.90. The molecule has 1 saturated heterocycles. The molecule has 0 aliphatic carbocycles. The number of hydrogen-bond donors (Lipinski definition) is 4. The number of aliphatic hydroxyl groups excluding tert-OH is 1. The van der Waals surface area contributed by atoms with Crippen LogP contribution in [0.4, 0.5) is 4.79 Å². The van der Waals surface area contributed by atoms with Gasteiger partial charge in [-0.3, -0.25) is 0 Å². The first-order valence-electron chi connectivity index (χ1n) is 5.47. The highest BCUT2D eigenvalue weighted by Gasteiger charge is 2.35. The largest absolute Gasteiger partial charge is 0.480 e. The smallest absolute Gasteiger partial charge is 0.326 e. The summed E-state index contributed by atoms with van der Waals surface area (Å²) in [5.74, 6) is -1.18. The van der Waals surface area contributed by atoms with Crippen LogP contribution in [0.3, 0.4) is 0 Å². The number of amides is 2. The molecule has 0 aromatic heterocycles. The van der Waals surface area contributed by atoms with Gasteiger partial charge in [-0.15, -0.1) is 0 Å². The minimum atomic E-state index is -1.18. The summed E-state index contributed by atoms with van der Waals surface area (Å²) >= 11 is 0. The zero-order chi connectivity index (χ0) is 13.1. The van der Waals surface area contributed by atoms with E-state index in [-0.39, 0.29) is 19.6 Å². The van der Waals surface area contributed by atoms with E-state index >= 15 is 0 Å². The van der Waals surface area contributed by atoms with E-state index in [1.54, 1.807) is 6.92 Å². The summed E-state index contributed by atoms with van der Waals surface area (Å²) in [6, 6.07) is -1.62. The van der Waals surface area contributed by atoms with Crippen LogP contribution in [0, 0.1) is 0 Å². The zero-order valence-electron chi connectivity index (χ0n) is 9.72. The first-order chi connectivity index (χ1) is 7.85. The Morgan fingerprint density at radius 3 is 2.59 bits per heavy atom. The monoisotopic (exact) mass is 246 g/mol. The van der Waals surface area contributed by atoms with Crippen LogP contribution in [0.2, 0.25) is 0 Å². The average Bonchev–Trinajstić information content (AvgIpc) is 2.58. The van der Waals surface area contributed by atoms with Gasteiger partial charge in [0.2, 0.25) is 0 Å². The number of carbonyl (C=O) groups is 2. The number of rotatable bonds is 4. The standard InChI is InChI=1S/C10H18N2O5/c1-10(17)3-4-12(6-10)9(16)11-7(2-5-13)8(14)15/h7,13,17H,2-6H2,1H3,(H,11,16)(H,14,15). The van der Waals surface area contributed by atoms with Crippen molar-refractivity contribution >= 4 is 12.0 Å². The van der Waals surface area contributed by atoms with E-state index in [0.717, 1.165) is 0 Å². The van der Waals surface area contributed by atoms with Crippen LogP contribution in [-0.2, 0) is 4.79 Å². The zero-order valence-corrected chi connectivity index (χ0v) is 9.72. The molecule has 1 fully saturated rings. The van der Waals surface area contributed by atoms with E-state index in [0.29, 0.717) is 13.0 Å². The summed E-state index contributed by atoms with van der Waals surface area (Å²) in [5.41, 5.74) is -0.910. The van der Waals surface area contributed by atoms with Crippen molar-refractivity contribution in [2.45, 2.75) is 31.4 Å². The number of nitrogens with zero attached hydrogens (tertiary/aromatic N) is 1. The van der Waals surface area contributed by atoms with Gasteiger partial charge in [-0.25, -0.2) is 9.59 Å². The molecule has 0 aromatic carbocycles. The molecule has 1 heterocycles. The molecule has 1 aliphatic heterocycles. The Balaban J connectivity index is 2.51. The molecule has 2 atom stereocenters. The van der Waals surface area contributed by atoms with Crippen molar-refractivity contribution in [1.29, 1.82) is 0 Å². The Bertz CT molecular complexity index is 305. The summed E-state index contributed by atoms with van der Waals surface area (Å²) in [4.78, 5) is 23.8. The van der Waals surface area contributed by atoms with Gasteiger partial charge >= 0.3 is 12.0 Å². The number of aliphatic hydroxyl groups is 2. The highest BCUT2D eigenvalue weighted by atomic mass is 16.4. The molecule has 2 unspecified atom stereocenters. The molecule has 7 nitrogen and oxygen atoms in total. The number of nitrogens with one attached hydrogen (secondary N) is 1. The fourth-order valence-electron chi connectivity index (χ4n) is 1.75. The Morgan fingerprint density at radius 2 is 2.18 bits per heavy atom. The molecule has 0 aromatic rings. The Kier molecular flexibility index (Phi) is 4.30. The third kappa shape index (κ3) is 3.86. The second kappa shape index (κ2) is 5.33. The second-order valence-corrected chi connectivity index (χ2v) is 4.52. The van der Waals surface area contributed by atoms with E-state index < -0.39 is 23.6 Å². The number of carbonyl (C=O) groups excluding carboxylic acids is 1. The molecule has 2 amide bonds. The molecule has 1 rings (SSSR count). The number of aliphatic carboxylic acids is 1. The van der Waals surface area contributed by atoms with E-state index in [2.05, 4.69) is 5.32 Å². The molecule has 4 N–H and O–H groups in total. The van der Waals surface area contributed by atoms with Crippen LogP contribution in [0.5, 0.6) is 0 Å². The number of carboxylic acid groups (broad SMARTS) is 1. The molecule has 17 heavy (non-hydrogen) atoms. The van der Waals surface area contributed by atoms with Crippen LogP contribution < -0.4 is 5.32 Å². The number of likely N-dealkylation sites (tertiary alicyclic amines) is 1. The van der Waals surface area contributed by atoms with Crippen LogP contribution in [0.15, 0.2) is 0 Å². The SMILES string of the molecule is CC1(O)CCN(C(=O)NC(CCO)C(=O)O)C1. The lowest BCUT2D eigenvalue weighted by molar-refractivity contribution is -0.139. The van der Waals surface area contributed by atoms with Gasteiger partial charge in [0.1, 0.15) is 6.04 Å². The van der Waals surface area contributed by atoms with Gasteiger partial charge in [0.05, 0.1) is 12.1 Å². The molecule has 0 saturated carbocycles. The predicted molar refractivity (Wildman–Crippen MR) is 58.5 cm³/mol. The predicted octanol–water partition coefficient (Wildman–Crippen LogP) is -1.01. The van der Waals surface area contributed by atoms with Crippen LogP contribution in [-0.4, -0.2) is 63.6 Å². The maximum atomic E-state index is 11.7. The van der Waals surface area contributed by atoms with Gasteiger partial charge < -0.3 is 25.5 Å². The Labute approximate surface area is 99.0 Å². The van der Waals surface area contributed by atoms with Crippen molar-refractivity contribution in [1.82, 2.24) is 10.2 Å². The number of urea groups is 1. The first kappa shape index (κ1) is 13.7. The lowest BCUT2D eigenvalue weighted by atomic mass is 10.1. The third-order valence-corrected chi connectivity index (χ3v) is 2.75. The van der Waals surface area contributed by atoms with Gasteiger partial charge in [0.15, 0.2) is 0 Å². The van der Waals surface area contributed by atoms with E-state index in [1.165, 1.54) is 4.90 Å². The topological polar surface area (TPSA) is 110 Å². The van der Waals surface area contributed by atoms with Gasteiger partial charge in [-0.2, -0.15) is 0 Å². The van der Waals surface area contributed by atoms with Gasteiger partial charge in [-0.05, 0) is 13.3 Å². The summed E-state index contributed by atoms with van der Waals surface area (Å²) in [7, 11) is 0. The van der Waals surface area contributed by atoms with Gasteiger partial charge in [0.25, 0.3) is 0 Å². The maximum Gasteiger partial charge on any atom is 0.326 e. The molecule has 0 bridgehead atoms. The summed E-state index contributed by atoms with van der Waals surface area (Å²) in [6.07, 6.45) is 0.434. The average molecular weight is 246 g/mol. The number of carboxylic acids is 1. The Hall–Kier alpha value is -1.34. The van der Waals surface area contributed by atoms with Crippen molar-refractivity contribution in [3.05, 3.63) is 0 Å². The van der Waals surface area contributed by atoms with Crippen molar-refractivity contribution in [2.24, 2.45) is 0 Å². The van der Waals surface area contributed by atoms with Crippen molar-refractivity contribution in [3.8, 4) is 0 Å². The highest BCUT2D eigenvalue weighted by molar-refractivity contribution is 5.82. The molecule has 98 valence electrons. The van der Waals surface area contributed by atoms with E-state index in [4.69, 9.17) is 10.2 Å². The van der Waals surface area contributed by atoms with Crippen LogP contribution in [0.1, 0.15) is 19.8 Å². The molecule has 1 aliphatic rings. The van der Waals surface area contributed by atoms with Gasteiger partial charge in [-0.1, -0.05) is 0 Å². The summed E-state index contributed by atoms with van der Waals surface area (Å²) in [5, 5.41) is 29.5. The first-order valence-corrected chi connectivity index (χ1v) is 5.47. The molecule has 0 radical (unpaired) electrons. The lowest BCUT2D eigenvalue weighted by Gasteiger charge is -2.21. The van der Waals surface area contributed by atoms with Crippen molar-refractivity contribution < 1.29 is 24.9 Å². The van der Waals surface area contributed by atoms with Crippen molar-refractivity contribution in [2.75, 3.05) is 19.7 Å². The normalized spacial score (nSPS) is 25.7. The number of hydrogen-bond acceptors (Lipinski definition) is 4. The fourth-order valence-corrected chi connectivity index (χ4v) is 1.75. The van der Waals surface area contributed by atoms with Gasteiger partial charge in [0, 0.05) is 19.6 Å². The fraction of sp³-hybridized carbons (Fsp3) is 0.800. The Morgan fingerprint density at radius 1 is 1.53 bits per heavy atom. The highest BCUT2D eigenvalue weighted by Crippen LogP contribution is 2.20. The van der Waals surface area contributed by atoms with Crippen LogP contribution in [0.25, 0.3) is 0 Å². The quantitative estimate of drug-likeness (QED) is 0.508. The minimum Gasteiger partial charge on any atom is -0.480 e. The molecule has 7 heteroatoms. The third-order valence-electron chi connectivity index (χ3n) is 2.75.